The molecule has 1 saturated heterocycles. The second-order valence-corrected chi connectivity index (χ2v) is 5.97. The Morgan fingerprint density at radius 2 is 2.10 bits per heavy atom. The topological polar surface area (TPSA) is 46.3 Å². The van der Waals surface area contributed by atoms with Gasteiger partial charge in [-0.1, -0.05) is 43.2 Å². The molecule has 2 atom stereocenters. The molecule has 0 radical (unpaired) electrons. The molecule has 1 amide bonds. The number of piperidine rings is 1. The summed E-state index contributed by atoms with van der Waals surface area (Å²) in [5.74, 6) is 0.734. The van der Waals surface area contributed by atoms with Crippen molar-refractivity contribution in [1.29, 1.82) is 0 Å². The second kappa shape index (κ2) is 6.89. The first-order chi connectivity index (χ1) is 9.61. The predicted octanol–water partition coefficient (Wildman–Crippen LogP) is 3.03. The quantitative estimate of drug-likeness (QED) is 0.917. The van der Waals surface area contributed by atoms with Gasteiger partial charge in [0.2, 0.25) is 5.91 Å². The Balaban J connectivity index is 2.00. The summed E-state index contributed by atoms with van der Waals surface area (Å²) in [5, 5.41) is 0. The molecule has 0 aliphatic carbocycles. The lowest BCUT2D eigenvalue weighted by Crippen LogP contribution is -2.44. The van der Waals surface area contributed by atoms with Gasteiger partial charge in [-0.3, -0.25) is 4.79 Å². The Morgan fingerprint density at radius 3 is 2.75 bits per heavy atom. The molecule has 0 saturated carbocycles. The molecule has 1 aromatic rings. The second-order valence-electron chi connectivity index (χ2n) is 5.97. The number of rotatable bonds is 4. The molecule has 1 aliphatic rings. The minimum atomic E-state index is -0.518. The van der Waals surface area contributed by atoms with Gasteiger partial charge in [-0.05, 0) is 37.7 Å². The van der Waals surface area contributed by atoms with E-state index in [1.165, 1.54) is 24.8 Å². The number of hydrogen-bond acceptors (Lipinski definition) is 2. The van der Waals surface area contributed by atoms with Crippen molar-refractivity contribution in [3.8, 4) is 0 Å². The Hall–Kier alpha value is -1.35. The van der Waals surface area contributed by atoms with Gasteiger partial charge in [-0.2, -0.15) is 0 Å². The molecule has 0 spiro atoms. The largest absolute Gasteiger partial charge is 0.341 e. The average molecular weight is 274 g/mol. The van der Waals surface area contributed by atoms with Crippen LogP contribution in [0.5, 0.6) is 0 Å². The molecule has 2 rings (SSSR count). The first kappa shape index (κ1) is 15.0. The highest BCUT2D eigenvalue weighted by molar-refractivity contribution is 5.83. The van der Waals surface area contributed by atoms with Crippen LogP contribution in [0.4, 0.5) is 0 Å². The molecule has 20 heavy (non-hydrogen) atoms. The van der Waals surface area contributed by atoms with Gasteiger partial charge in [-0.25, -0.2) is 0 Å². The molecule has 2 unspecified atom stereocenters. The molecule has 0 bridgehead atoms. The molecule has 1 fully saturated rings. The van der Waals surface area contributed by atoms with E-state index in [9.17, 15) is 4.79 Å². The van der Waals surface area contributed by atoms with Crippen LogP contribution in [-0.4, -0.2) is 23.9 Å². The van der Waals surface area contributed by atoms with Crippen molar-refractivity contribution >= 4 is 5.91 Å². The SMILES string of the molecule is CCCC1CCCN(C(=O)C(N)c2ccc(C)cc2)C1. The Kier molecular flexibility index (Phi) is 5.18. The van der Waals surface area contributed by atoms with Crippen molar-refractivity contribution in [2.45, 2.75) is 45.6 Å². The minimum absolute atomic E-state index is 0.0784. The Bertz CT molecular complexity index is 439. The smallest absolute Gasteiger partial charge is 0.244 e. The standard InChI is InChI=1S/C17H26N2O/c1-3-5-14-6-4-11-19(12-14)17(20)16(18)15-9-7-13(2)8-10-15/h7-10,14,16H,3-6,11-12,18H2,1-2H3. The van der Waals surface area contributed by atoms with Crippen LogP contribution < -0.4 is 5.73 Å². The number of carbonyl (C=O) groups excluding carboxylic acids is 1. The summed E-state index contributed by atoms with van der Waals surface area (Å²) in [4.78, 5) is 14.5. The number of likely N-dealkylation sites (tertiary alicyclic amines) is 1. The average Bonchev–Trinajstić information content (AvgIpc) is 2.47. The Labute approximate surface area is 122 Å². The molecular weight excluding hydrogens is 248 g/mol. The molecule has 1 aromatic carbocycles. The predicted molar refractivity (Wildman–Crippen MR) is 82.3 cm³/mol. The highest BCUT2D eigenvalue weighted by atomic mass is 16.2. The van der Waals surface area contributed by atoms with Gasteiger partial charge in [0.25, 0.3) is 0 Å². The number of benzene rings is 1. The third-order valence-electron chi connectivity index (χ3n) is 4.23. The zero-order chi connectivity index (χ0) is 14.5. The number of hydrogen-bond donors (Lipinski definition) is 1. The summed E-state index contributed by atoms with van der Waals surface area (Å²) in [7, 11) is 0. The normalized spacial score (nSPS) is 20.8. The first-order valence-corrected chi connectivity index (χ1v) is 7.72. The fourth-order valence-corrected chi connectivity index (χ4v) is 3.02. The summed E-state index contributed by atoms with van der Waals surface area (Å²) >= 11 is 0. The van der Waals surface area contributed by atoms with Gasteiger partial charge in [0.1, 0.15) is 6.04 Å². The van der Waals surface area contributed by atoms with E-state index in [4.69, 9.17) is 5.73 Å². The Morgan fingerprint density at radius 1 is 1.40 bits per heavy atom. The fraction of sp³-hybridized carbons (Fsp3) is 0.588. The monoisotopic (exact) mass is 274 g/mol. The summed E-state index contributed by atoms with van der Waals surface area (Å²) in [6.07, 6.45) is 4.76. The number of nitrogens with zero attached hydrogens (tertiary/aromatic N) is 1. The van der Waals surface area contributed by atoms with Gasteiger partial charge in [0.15, 0.2) is 0 Å². The molecule has 3 heteroatoms. The van der Waals surface area contributed by atoms with Gasteiger partial charge in [0.05, 0.1) is 0 Å². The maximum absolute atomic E-state index is 12.5. The van der Waals surface area contributed by atoms with E-state index in [0.29, 0.717) is 5.92 Å². The van der Waals surface area contributed by atoms with Crippen LogP contribution in [0.3, 0.4) is 0 Å². The van der Waals surface area contributed by atoms with Crippen LogP contribution in [0, 0.1) is 12.8 Å². The summed E-state index contributed by atoms with van der Waals surface area (Å²) in [6.45, 7) is 5.99. The molecular formula is C17H26N2O. The minimum Gasteiger partial charge on any atom is -0.341 e. The zero-order valence-corrected chi connectivity index (χ0v) is 12.6. The molecule has 0 aromatic heterocycles. The van der Waals surface area contributed by atoms with Gasteiger partial charge >= 0.3 is 0 Å². The van der Waals surface area contributed by atoms with Crippen LogP contribution in [0.25, 0.3) is 0 Å². The third kappa shape index (κ3) is 3.60. The third-order valence-corrected chi connectivity index (χ3v) is 4.23. The van der Waals surface area contributed by atoms with E-state index < -0.39 is 6.04 Å². The van der Waals surface area contributed by atoms with E-state index in [1.54, 1.807) is 0 Å². The van der Waals surface area contributed by atoms with Crippen LogP contribution in [0.2, 0.25) is 0 Å². The first-order valence-electron chi connectivity index (χ1n) is 7.72. The highest BCUT2D eigenvalue weighted by Gasteiger charge is 2.27. The zero-order valence-electron chi connectivity index (χ0n) is 12.6. The summed E-state index contributed by atoms with van der Waals surface area (Å²) in [5.41, 5.74) is 8.25. The van der Waals surface area contributed by atoms with Crippen molar-refractivity contribution in [3.05, 3.63) is 35.4 Å². The number of carbonyl (C=O) groups is 1. The van der Waals surface area contributed by atoms with E-state index >= 15 is 0 Å². The van der Waals surface area contributed by atoms with Crippen LogP contribution in [-0.2, 0) is 4.79 Å². The maximum Gasteiger partial charge on any atom is 0.244 e. The van der Waals surface area contributed by atoms with E-state index in [-0.39, 0.29) is 5.91 Å². The number of aryl methyl sites for hydroxylation is 1. The van der Waals surface area contributed by atoms with Crippen molar-refractivity contribution in [2.75, 3.05) is 13.1 Å². The summed E-state index contributed by atoms with van der Waals surface area (Å²) < 4.78 is 0. The van der Waals surface area contributed by atoms with E-state index in [2.05, 4.69) is 6.92 Å². The van der Waals surface area contributed by atoms with E-state index in [1.807, 2.05) is 36.1 Å². The van der Waals surface area contributed by atoms with Crippen LogP contribution in [0.1, 0.15) is 49.8 Å². The number of nitrogens with two attached hydrogens (primary N) is 1. The lowest BCUT2D eigenvalue weighted by Gasteiger charge is -2.34. The summed E-state index contributed by atoms with van der Waals surface area (Å²) in [6, 6.07) is 7.43. The molecule has 1 heterocycles. The van der Waals surface area contributed by atoms with Crippen LogP contribution >= 0.6 is 0 Å². The van der Waals surface area contributed by atoms with Crippen molar-refractivity contribution in [2.24, 2.45) is 11.7 Å². The molecule has 3 nitrogen and oxygen atoms in total. The van der Waals surface area contributed by atoms with Gasteiger partial charge in [0, 0.05) is 13.1 Å². The molecule has 110 valence electrons. The fourth-order valence-electron chi connectivity index (χ4n) is 3.02. The van der Waals surface area contributed by atoms with Crippen molar-refractivity contribution in [3.63, 3.8) is 0 Å². The highest BCUT2D eigenvalue weighted by Crippen LogP contribution is 2.23. The molecule has 2 N–H and O–H groups in total. The lowest BCUT2D eigenvalue weighted by molar-refractivity contribution is -0.134. The van der Waals surface area contributed by atoms with Gasteiger partial charge in [-0.15, -0.1) is 0 Å². The maximum atomic E-state index is 12.5. The van der Waals surface area contributed by atoms with Crippen molar-refractivity contribution in [1.82, 2.24) is 4.90 Å². The van der Waals surface area contributed by atoms with Crippen LogP contribution in [0.15, 0.2) is 24.3 Å². The van der Waals surface area contributed by atoms with Crippen molar-refractivity contribution < 1.29 is 4.79 Å². The van der Waals surface area contributed by atoms with Gasteiger partial charge < -0.3 is 10.6 Å². The number of amides is 1. The van der Waals surface area contributed by atoms with E-state index in [0.717, 1.165) is 25.1 Å². The molecule has 1 aliphatic heterocycles. The lowest BCUT2D eigenvalue weighted by atomic mass is 9.93.